The first-order valence-corrected chi connectivity index (χ1v) is 8.01. The smallest absolute Gasteiger partial charge is 0.285 e. The Morgan fingerprint density at radius 2 is 2.13 bits per heavy atom. The van der Waals surface area contributed by atoms with Crippen LogP contribution in [0.4, 0.5) is 5.69 Å². The highest BCUT2D eigenvalue weighted by Gasteiger charge is 2.49. The fraction of sp³-hybridized carbons (Fsp3) is 0.412. The Balaban J connectivity index is 1.60. The second kappa shape index (κ2) is 6.34. The van der Waals surface area contributed by atoms with Gasteiger partial charge >= 0.3 is 0 Å². The van der Waals surface area contributed by atoms with Crippen molar-refractivity contribution in [2.75, 3.05) is 5.32 Å². The fourth-order valence-electron chi connectivity index (χ4n) is 2.86. The van der Waals surface area contributed by atoms with Crippen molar-refractivity contribution in [1.82, 2.24) is 10.2 Å². The molecule has 5 nitrogen and oxygen atoms in total. The molecule has 2 aromatic rings. The highest BCUT2D eigenvalue weighted by atomic mass is 35.5. The van der Waals surface area contributed by atoms with Crippen LogP contribution in [0.1, 0.15) is 25.8 Å². The predicted octanol–water partition coefficient (Wildman–Crippen LogP) is 3.22. The van der Waals surface area contributed by atoms with Crippen LogP contribution >= 0.6 is 11.6 Å². The predicted molar refractivity (Wildman–Crippen MR) is 90.7 cm³/mol. The number of aromatic nitrogens is 2. The first kappa shape index (κ1) is 16.0. The molecule has 1 aromatic carbocycles. The number of hydrogen-bond donors (Lipinski definition) is 2. The minimum absolute atomic E-state index is 0.0548. The molecule has 1 fully saturated rings. The van der Waals surface area contributed by atoms with Gasteiger partial charge in [0.2, 0.25) is 0 Å². The molecule has 122 valence electrons. The van der Waals surface area contributed by atoms with Crippen molar-refractivity contribution in [3.8, 4) is 0 Å². The van der Waals surface area contributed by atoms with Gasteiger partial charge in [-0.3, -0.25) is 4.79 Å². The maximum Gasteiger partial charge on any atom is 0.285 e. The van der Waals surface area contributed by atoms with E-state index in [0.717, 1.165) is 6.42 Å². The summed E-state index contributed by atoms with van der Waals surface area (Å²) in [4.78, 5) is 11.5. The monoisotopic (exact) mass is 333 g/mol. The molecule has 0 aliphatic heterocycles. The molecule has 1 aliphatic carbocycles. The van der Waals surface area contributed by atoms with Crippen LogP contribution in [0, 0.1) is 5.41 Å². The molecule has 0 unspecified atom stereocenters. The maximum atomic E-state index is 11.5. The van der Waals surface area contributed by atoms with Crippen LogP contribution in [0.2, 0.25) is 5.02 Å². The largest absolute Gasteiger partial charge is 0.379 e. The van der Waals surface area contributed by atoms with Gasteiger partial charge < -0.3 is 10.1 Å². The van der Waals surface area contributed by atoms with Gasteiger partial charge in [-0.1, -0.05) is 55.8 Å². The number of nitrogens with zero attached hydrogens (tertiary/aromatic N) is 1. The van der Waals surface area contributed by atoms with E-state index in [0.29, 0.717) is 12.3 Å². The van der Waals surface area contributed by atoms with E-state index in [4.69, 9.17) is 16.3 Å². The molecule has 3 rings (SSSR count). The zero-order valence-corrected chi connectivity index (χ0v) is 13.9. The quantitative estimate of drug-likeness (QED) is 0.881. The first-order valence-electron chi connectivity index (χ1n) is 7.63. The first-order chi connectivity index (χ1) is 11.0. The Morgan fingerprint density at radius 3 is 2.83 bits per heavy atom. The Morgan fingerprint density at radius 1 is 1.39 bits per heavy atom. The number of benzene rings is 1. The molecule has 1 heterocycles. The van der Waals surface area contributed by atoms with Crippen molar-refractivity contribution in [2.24, 2.45) is 5.41 Å². The maximum absolute atomic E-state index is 11.5. The molecule has 2 atom stereocenters. The number of halogens is 1. The van der Waals surface area contributed by atoms with Crippen LogP contribution in [0.3, 0.4) is 0 Å². The van der Waals surface area contributed by atoms with Gasteiger partial charge in [0.15, 0.2) is 0 Å². The topological polar surface area (TPSA) is 67.0 Å². The zero-order chi connectivity index (χ0) is 16.4. The van der Waals surface area contributed by atoms with Crippen molar-refractivity contribution in [3.05, 3.63) is 57.5 Å². The molecule has 6 heteroatoms. The summed E-state index contributed by atoms with van der Waals surface area (Å²) < 4.78 is 6.04. The van der Waals surface area contributed by atoms with Gasteiger partial charge in [0.05, 0.1) is 24.6 Å². The lowest BCUT2D eigenvalue weighted by molar-refractivity contribution is -0.109. The molecule has 1 aromatic heterocycles. The van der Waals surface area contributed by atoms with Gasteiger partial charge in [-0.2, -0.15) is 5.10 Å². The van der Waals surface area contributed by atoms with Crippen LogP contribution in [0.15, 0.2) is 41.3 Å². The molecule has 2 N–H and O–H groups in total. The van der Waals surface area contributed by atoms with Crippen molar-refractivity contribution in [2.45, 2.75) is 39.0 Å². The second-order valence-corrected chi connectivity index (χ2v) is 6.84. The molecule has 0 bridgehead atoms. The average molecular weight is 334 g/mol. The SMILES string of the molecule is CC1(C)[C@@H](OCc2ccccc2)C[C@H]1Nc1cn[nH]c(=O)c1Cl. The number of nitrogens with one attached hydrogen (secondary N) is 2. The van der Waals surface area contributed by atoms with Crippen LogP contribution < -0.4 is 10.9 Å². The highest BCUT2D eigenvalue weighted by Crippen LogP contribution is 2.45. The van der Waals surface area contributed by atoms with E-state index in [-0.39, 0.29) is 28.1 Å². The summed E-state index contributed by atoms with van der Waals surface area (Å²) in [5, 5.41) is 9.55. The molecule has 0 radical (unpaired) electrons. The summed E-state index contributed by atoms with van der Waals surface area (Å²) in [6.45, 7) is 4.91. The normalized spacial score (nSPS) is 22.4. The van der Waals surface area contributed by atoms with Crippen LogP contribution in [0.25, 0.3) is 0 Å². The van der Waals surface area contributed by atoms with E-state index in [1.165, 1.54) is 11.8 Å². The van der Waals surface area contributed by atoms with E-state index in [1.54, 1.807) is 0 Å². The van der Waals surface area contributed by atoms with Crippen LogP contribution in [-0.2, 0) is 11.3 Å². The molecule has 23 heavy (non-hydrogen) atoms. The molecular weight excluding hydrogens is 314 g/mol. The standard InChI is InChI=1S/C17H20ClN3O2/c1-17(2)13(20-12-9-19-21-16(22)15(12)18)8-14(17)23-10-11-6-4-3-5-7-11/h3-7,9,13-14H,8,10H2,1-2H3,(H2,20,21,22)/t13-,14+/m1/s1. The third-order valence-corrected chi connectivity index (χ3v) is 4.97. The van der Waals surface area contributed by atoms with Crippen molar-refractivity contribution >= 4 is 17.3 Å². The Bertz CT molecular complexity index is 730. The lowest BCUT2D eigenvalue weighted by Crippen LogP contribution is -2.58. The lowest BCUT2D eigenvalue weighted by Gasteiger charge is -2.52. The van der Waals surface area contributed by atoms with Gasteiger partial charge in [0, 0.05) is 11.5 Å². The lowest BCUT2D eigenvalue weighted by atomic mass is 9.64. The summed E-state index contributed by atoms with van der Waals surface area (Å²) in [7, 11) is 0. The van der Waals surface area contributed by atoms with Gasteiger partial charge in [-0.25, -0.2) is 5.10 Å². The minimum Gasteiger partial charge on any atom is -0.379 e. The summed E-state index contributed by atoms with van der Waals surface area (Å²) in [6, 6.07) is 10.3. The van der Waals surface area contributed by atoms with Crippen molar-refractivity contribution in [3.63, 3.8) is 0 Å². The molecule has 0 spiro atoms. The van der Waals surface area contributed by atoms with Gasteiger partial charge in [0.25, 0.3) is 5.56 Å². The van der Waals surface area contributed by atoms with E-state index < -0.39 is 0 Å². The number of anilines is 1. The number of aromatic amines is 1. The number of rotatable bonds is 5. The van der Waals surface area contributed by atoms with Crippen LogP contribution in [-0.4, -0.2) is 22.3 Å². The van der Waals surface area contributed by atoms with Gasteiger partial charge in [-0.15, -0.1) is 0 Å². The Labute approximate surface area is 140 Å². The van der Waals surface area contributed by atoms with Crippen molar-refractivity contribution < 1.29 is 4.74 Å². The summed E-state index contributed by atoms with van der Waals surface area (Å²) in [6.07, 6.45) is 2.56. The number of hydrogen-bond acceptors (Lipinski definition) is 4. The van der Waals surface area contributed by atoms with Gasteiger partial charge in [-0.05, 0) is 12.0 Å². The molecule has 0 amide bonds. The molecule has 0 saturated heterocycles. The number of H-pyrrole nitrogens is 1. The van der Waals surface area contributed by atoms with Crippen molar-refractivity contribution in [1.29, 1.82) is 0 Å². The summed E-state index contributed by atoms with van der Waals surface area (Å²) in [5.74, 6) is 0. The molecule has 1 saturated carbocycles. The highest BCUT2D eigenvalue weighted by molar-refractivity contribution is 6.32. The molecular formula is C17H20ClN3O2. The number of ether oxygens (including phenoxy) is 1. The Hall–Kier alpha value is -1.85. The van der Waals surface area contributed by atoms with E-state index in [2.05, 4.69) is 41.5 Å². The van der Waals surface area contributed by atoms with E-state index >= 15 is 0 Å². The zero-order valence-electron chi connectivity index (χ0n) is 13.2. The van der Waals surface area contributed by atoms with Gasteiger partial charge in [0.1, 0.15) is 5.02 Å². The Kier molecular flexibility index (Phi) is 4.41. The van der Waals surface area contributed by atoms with E-state index in [9.17, 15) is 4.79 Å². The van der Waals surface area contributed by atoms with E-state index in [1.807, 2.05) is 18.2 Å². The minimum atomic E-state index is -0.384. The second-order valence-electron chi connectivity index (χ2n) is 6.47. The summed E-state index contributed by atoms with van der Waals surface area (Å²) >= 11 is 6.01. The summed E-state index contributed by atoms with van der Waals surface area (Å²) in [5.41, 5.74) is 1.29. The molecule has 1 aliphatic rings. The average Bonchev–Trinajstić information content (AvgIpc) is 2.55. The third-order valence-electron chi connectivity index (χ3n) is 4.60. The van der Waals surface area contributed by atoms with Crippen LogP contribution in [0.5, 0.6) is 0 Å². The third kappa shape index (κ3) is 3.26. The fourth-order valence-corrected chi connectivity index (χ4v) is 3.00.